The molecule has 3 saturated carbocycles. The lowest BCUT2D eigenvalue weighted by molar-refractivity contribution is -0.134. The van der Waals surface area contributed by atoms with Gasteiger partial charge in [-0.05, 0) is 73.7 Å². The second kappa shape index (κ2) is 5.58. The van der Waals surface area contributed by atoms with E-state index in [-0.39, 0.29) is 17.5 Å². The molecule has 1 N–H and O–H groups in total. The smallest absolute Gasteiger partial charge is 0.331 e. The Labute approximate surface area is 156 Å². The second-order valence-electron chi connectivity index (χ2n) is 9.77. The molecule has 5 rings (SSSR count). The average Bonchev–Trinajstić information content (AvgIpc) is 3.18. The Hall–Kier alpha value is -1.35. The number of fused-ring (bicyclic) bond motifs is 5. The predicted molar refractivity (Wildman–Crippen MR) is 100 cm³/mol. The zero-order valence-electron chi connectivity index (χ0n) is 16.0. The van der Waals surface area contributed by atoms with Gasteiger partial charge in [0.2, 0.25) is 0 Å². The summed E-state index contributed by atoms with van der Waals surface area (Å²) in [5.41, 5.74) is 4.48. The molecule has 0 spiro atoms. The molecule has 5 aliphatic rings. The lowest BCUT2D eigenvalue weighted by Gasteiger charge is -2.59. The molecule has 3 fully saturated rings. The van der Waals surface area contributed by atoms with Crippen molar-refractivity contribution in [2.45, 2.75) is 64.9 Å². The van der Waals surface area contributed by atoms with Crippen molar-refractivity contribution in [1.29, 1.82) is 0 Å². The first-order chi connectivity index (χ1) is 12.4. The van der Waals surface area contributed by atoms with Crippen LogP contribution in [0.2, 0.25) is 0 Å². The van der Waals surface area contributed by atoms with E-state index in [9.17, 15) is 9.90 Å². The Morgan fingerprint density at radius 3 is 2.73 bits per heavy atom. The molecule has 0 saturated heterocycles. The largest absolute Gasteiger partial charge is 0.458 e. The number of allylic oxidation sites excluding steroid dienone is 3. The standard InChI is InChI=1S/C23H30O3/c1-22-9-7-16(24)12-15(22)3-4-17-19-6-5-18(14-11-21(25)26-13-14)23(19,2)10-8-20(17)22/h5-6,11,15-17,20,24H,3-4,7-10,12-13H2,1-2H3/t15-,16-,17-,20-,22-,23-/m1/s1. The minimum atomic E-state index is -0.194. The minimum absolute atomic E-state index is 0.0794. The van der Waals surface area contributed by atoms with Crippen LogP contribution in [0.25, 0.3) is 0 Å². The summed E-state index contributed by atoms with van der Waals surface area (Å²) in [4.78, 5) is 11.6. The van der Waals surface area contributed by atoms with Crippen LogP contribution in [-0.4, -0.2) is 23.8 Å². The maximum Gasteiger partial charge on any atom is 0.331 e. The van der Waals surface area contributed by atoms with Gasteiger partial charge in [-0.25, -0.2) is 4.79 Å². The molecule has 0 bridgehead atoms. The van der Waals surface area contributed by atoms with Crippen molar-refractivity contribution in [1.82, 2.24) is 0 Å². The number of hydrogen-bond acceptors (Lipinski definition) is 3. The summed E-state index contributed by atoms with van der Waals surface area (Å²) in [7, 11) is 0. The number of aliphatic hydroxyl groups excluding tert-OH is 1. The van der Waals surface area contributed by atoms with Crippen LogP contribution in [0.4, 0.5) is 0 Å². The van der Waals surface area contributed by atoms with Crippen LogP contribution in [0.5, 0.6) is 0 Å². The van der Waals surface area contributed by atoms with Crippen LogP contribution in [0.1, 0.15) is 58.8 Å². The molecule has 0 radical (unpaired) electrons. The second-order valence-corrected chi connectivity index (χ2v) is 9.77. The Morgan fingerprint density at radius 1 is 1.12 bits per heavy atom. The molecule has 1 heterocycles. The Balaban J connectivity index is 1.44. The van der Waals surface area contributed by atoms with Gasteiger partial charge in [0.05, 0.1) is 6.10 Å². The SMILES string of the molecule is C[C@]12CC[C@@H]3[C@H](CC[C@@H]4C[C@H](O)CC[C@]43C)C1=CC=C2C1=CC(=O)OC1. The van der Waals surface area contributed by atoms with Crippen molar-refractivity contribution < 1.29 is 14.6 Å². The van der Waals surface area contributed by atoms with Gasteiger partial charge in [0, 0.05) is 17.1 Å². The monoisotopic (exact) mass is 354 g/mol. The third kappa shape index (κ3) is 2.19. The summed E-state index contributed by atoms with van der Waals surface area (Å²) in [5, 5.41) is 10.2. The Morgan fingerprint density at radius 2 is 1.96 bits per heavy atom. The van der Waals surface area contributed by atoms with E-state index in [2.05, 4.69) is 26.0 Å². The van der Waals surface area contributed by atoms with E-state index in [4.69, 9.17) is 4.74 Å². The molecule has 3 heteroatoms. The third-order valence-corrected chi connectivity index (χ3v) is 8.69. The molecule has 0 unspecified atom stereocenters. The van der Waals surface area contributed by atoms with E-state index in [0.717, 1.165) is 24.3 Å². The molecule has 0 aromatic carbocycles. The van der Waals surface area contributed by atoms with Crippen molar-refractivity contribution in [3.8, 4) is 0 Å². The molecule has 4 aliphatic carbocycles. The molecule has 6 atom stereocenters. The van der Waals surface area contributed by atoms with E-state index in [1.807, 2.05) is 0 Å². The van der Waals surface area contributed by atoms with Crippen LogP contribution >= 0.6 is 0 Å². The molecule has 0 aromatic heterocycles. The van der Waals surface area contributed by atoms with E-state index < -0.39 is 0 Å². The van der Waals surface area contributed by atoms with Gasteiger partial charge in [0.25, 0.3) is 0 Å². The number of cyclic esters (lactones) is 1. The third-order valence-electron chi connectivity index (χ3n) is 8.69. The van der Waals surface area contributed by atoms with Crippen LogP contribution < -0.4 is 0 Å². The van der Waals surface area contributed by atoms with Gasteiger partial charge in [-0.3, -0.25) is 0 Å². The van der Waals surface area contributed by atoms with E-state index >= 15 is 0 Å². The first kappa shape index (κ1) is 16.8. The zero-order valence-corrected chi connectivity index (χ0v) is 16.0. The predicted octanol–water partition coefficient (Wildman–Crippen LogP) is 4.33. The van der Waals surface area contributed by atoms with Gasteiger partial charge in [0.15, 0.2) is 0 Å². The van der Waals surface area contributed by atoms with Gasteiger partial charge >= 0.3 is 5.97 Å². The molecule has 3 nitrogen and oxygen atoms in total. The van der Waals surface area contributed by atoms with Crippen LogP contribution in [0, 0.1) is 28.6 Å². The summed E-state index contributed by atoms with van der Waals surface area (Å²) in [5.74, 6) is 1.91. The fraction of sp³-hybridized carbons (Fsp3) is 0.696. The van der Waals surface area contributed by atoms with Gasteiger partial charge in [0.1, 0.15) is 6.61 Å². The van der Waals surface area contributed by atoms with Crippen LogP contribution in [0.15, 0.2) is 34.9 Å². The highest BCUT2D eigenvalue weighted by molar-refractivity contribution is 5.87. The lowest BCUT2D eigenvalue weighted by Crippen LogP contribution is -2.51. The minimum Gasteiger partial charge on any atom is -0.458 e. The normalized spacial score (nSPS) is 47.2. The number of hydrogen-bond donors (Lipinski definition) is 1. The number of aliphatic hydroxyl groups is 1. The number of esters is 1. The van der Waals surface area contributed by atoms with Crippen molar-refractivity contribution in [3.05, 3.63) is 34.9 Å². The van der Waals surface area contributed by atoms with E-state index in [1.54, 1.807) is 11.6 Å². The summed E-state index contributed by atoms with van der Waals surface area (Å²) < 4.78 is 5.19. The average molecular weight is 354 g/mol. The Bertz CT molecular complexity index is 745. The molecule has 140 valence electrons. The fourth-order valence-electron chi connectivity index (χ4n) is 7.22. The van der Waals surface area contributed by atoms with Gasteiger partial charge < -0.3 is 9.84 Å². The number of ether oxygens (including phenoxy) is 1. The van der Waals surface area contributed by atoms with E-state index in [0.29, 0.717) is 23.9 Å². The topological polar surface area (TPSA) is 46.5 Å². The maximum absolute atomic E-state index is 11.6. The van der Waals surface area contributed by atoms with Crippen LogP contribution in [0.3, 0.4) is 0 Å². The lowest BCUT2D eigenvalue weighted by atomic mass is 9.46. The first-order valence-corrected chi connectivity index (χ1v) is 10.4. The van der Waals surface area contributed by atoms with Gasteiger partial charge in [-0.2, -0.15) is 0 Å². The Kier molecular flexibility index (Phi) is 3.60. The van der Waals surface area contributed by atoms with E-state index in [1.165, 1.54) is 37.7 Å². The maximum atomic E-state index is 11.6. The molecule has 0 aromatic rings. The molecule has 1 aliphatic heterocycles. The van der Waals surface area contributed by atoms with Crippen LogP contribution in [-0.2, 0) is 9.53 Å². The molecular weight excluding hydrogens is 324 g/mol. The highest BCUT2D eigenvalue weighted by Gasteiger charge is 2.56. The number of carbonyl (C=O) groups is 1. The summed E-state index contributed by atoms with van der Waals surface area (Å²) in [6.45, 7) is 5.34. The quantitative estimate of drug-likeness (QED) is 0.713. The summed E-state index contributed by atoms with van der Waals surface area (Å²) >= 11 is 0. The summed E-state index contributed by atoms with van der Waals surface area (Å²) in [6, 6.07) is 0. The van der Waals surface area contributed by atoms with Crippen molar-refractivity contribution in [3.63, 3.8) is 0 Å². The number of carbonyl (C=O) groups excluding carboxylic acids is 1. The summed E-state index contributed by atoms with van der Waals surface area (Å²) in [6.07, 6.45) is 14.4. The van der Waals surface area contributed by atoms with Crippen molar-refractivity contribution in [2.75, 3.05) is 6.61 Å². The molecule has 26 heavy (non-hydrogen) atoms. The molecular formula is C23H30O3. The highest BCUT2D eigenvalue weighted by Crippen LogP contribution is 2.65. The highest BCUT2D eigenvalue weighted by atomic mass is 16.5. The fourth-order valence-corrected chi connectivity index (χ4v) is 7.22. The van der Waals surface area contributed by atoms with Gasteiger partial charge in [-0.1, -0.05) is 31.6 Å². The molecule has 0 amide bonds. The number of rotatable bonds is 1. The van der Waals surface area contributed by atoms with Gasteiger partial charge in [-0.15, -0.1) is 0 Å². The van der Waals surface area contributed by atoms with Crippen molar-refractivity contribution >= 4 is 5.97 Å². The van der Waals surface area contributed by atoms with Crippen molar-refractivity contribution in [2.24, 2.45) is 28.6 Å². The zero-order chi connectivity index (χ0) is 18.1. The first-order valence-electron chi connectivity index (χ1n) is 10.4.